The SMILES string of the molecule is C[C@](F)(C1CCN(C(=O)Nc2ccnc(CO)c2)CC1)S(=O)(=O)c1cccc(F)c1. The van der Waals surface area contributed by atoms with Gasteiger partial charge in [0.2, 0.25) is 14.8 Å². The number of benzene rings is 1. The fourth-order valence-electron chi connectivity index (χ4n) is 3.53. The molecule has 0 unspecified atom stereocenters. The number of likely N-dealkylation sites (tertiary alicyclic amines) is 1. The van der Waals surface area contributed by atoms with Gasteiger partial charge >= 0.3 is 6.03 Å². The smallest absolute Gasteiger partial charge is 0.321 e. The lowest BCUT2D eigenvalue weighted by Gasteiger charge is -2.37. The third kappa shape index (κ3) is 4.44. The number of sulfone groups is 1. The van der Waals surface area contributed by atoms with E-state index >= 15 is 4.39 Å². The van der Waals surface area contributed by atoms with Crippen molar-refractivity contribution in [3.63, 3.8) is 0 Å². The van der Waals surface area contributed by atoms with E-state index in [2.05, 4.69) is 10.3 Å². The Labute approximate surface area is 173 Å². The van der Waals surface area contributed by atoms with E-state index < -0.39 is 37.5 Å². The highest BCUT2D eigenvalue weighted by molar-refractivity contribution is 7.92. The quantitative estimate of drug-likeness (QED) is 0.746. The number of halogens is 2. The maximum Gasteiger partial charge on any atom is 0.321 e. The highest BCUT2D eigenvalue weighted by Gasteiger charge is 2.48. The molecule has 1 aromatic heterocycles. The molecule has 0 saturated carbocycles. The van der Waals surface area contributed by atoms with Gasteiger partial charge in [-0.25, -0.2) is 22.0 Å². The van der Waals surface area contributed by atoms with Crippen molar-refractivity contribution in [2.24, 2.45) is 5.92 Å². The monoisotopic (exact) mass is 439 g/mol. The molecule has 0 bridgehead atoms. The van der Waals surface area contributed by atoms with E-state index in [1.54, 1.807) is 6.07 Å². The van der Waals surface area contributed by atoms with Gasteiger partial charge in [0.25, 0.3) is 0 Å². The van der Waals surface area contributed by atoms with E-state index in [4.69, 9.17) is 5.11 Å². The van der Waals surface area contributed by atoms with Gasteiger partial charge in [-0.05, 0) is 50.1 Å². The van der Waals surface area contributed by atoms with Crippen molar-refractivity contribution in [3.05, 3.63) is 54.1 Å². The van der Waals surface area contributed by atoms with Crippen molar-refractivity contribution in [1.29, 1.82) is 0 Å². The third-order valence-corrected chi connectivity index (χ3v) is 7.63. The van der Waals surface area contributed by atoms with Crippen LogP contribution in [0.5, 0.6) is 0 Å². The first-order valence-corrected chi connectivity index (χ1v) is 10.9. The number of aromatic nitrogens is 1. The predicted molar refractivity (Wildman–Crippen MR) is 107 cm³/mol. The number of anilines is 1. The number of aliphatic hydroxyl groups is 1. The molecule has 7 nitrogen and oxygen atoms in total. The van der Waals surface area contributed by atoms with E-state index in [0.29, 0.717) is 11.4 Å². The van der Waals surface area contributed by atoms with Crippen molar-refractivity contribution in [1.82, 2.24) is 9.88 Å². The van der Waals surface area contributed by atoms with Gasteiger partial charge in [0.15, 0.2) is 0 Å². The number of nitrogens with one attached hydrogen (secondary N) is 1. The van der Waals surface area contributed by atoms with Gasteiger partial charge in [-0.3, -0.25) is 4.98 Å². The minimum Gasteiger partial charge on any atom is -0.390 e. The summed E-state index contributed by atoms with van der Waals surface area (Å²) in [5.74, 6) is -1.59. The minimum atomic E-state index is -4.41. The van der Waals surface area contributed by atoms with Crippen LogP contribution in [0.25, 0.3) is 0 Å². The summed E-state index contributed by atoms with van der Waals surface area (Å²) in [6.07, 6.45) is 1.75. The first-order chi connectivity index (χ1) is 14.1. The molecule has 1 aliphatic heterocycles. The molecule has 0 radical (unpaired) electrons. The van der Waals surface area contributed by atoms with Crippen LogP contribution in [0, 0.1) is 11.7 Å². The molecule has 2 amide bonds. The zero-order chi connectivity index (χ0) is 21.9. The molecule has 0 spiro atoms. The zero-order valence-electron chi connectivity index (χ0n) is 16.4. The van der Waals surface area contributed by atoms with Crippen LogP contribution >= 0.6 is 0 Å². The highest BCUT2D eigenvalue weighted by Crippen LogP contribution is 2.39. The van der Waals surface area contributed by atoms with Crippen molar-refractivity contribution in [2.75, 3.05) is 18.4 Å². The van der Waals surface area contributed by atoms with Crippen LogP contribution in [-0.4, -0.2) is 47.5 Å². The molecule has 162 valence electrons. The maximum atomic E-state index is 15.5. The van der Waals surface area contributed by atoms with Crippen LogP contribution in [0.1, 0.15) is 25.5 Å². The lowest BCUT2D eigenvalue weighted by Crippen LogP contribution is -2.48. The molecule has 2 aromatic rings. The maximum absolute atomic E-state index is 15.5. The summed E-state index contributed by atoms with van der Waals surface area (Å²) in [6.45, 7) is 1.09. The molecule has 2 N–H and O–H groups in total. The van der Waals surface area contributed by atoms with Crippen LogP contribution in [0.3, 0.4) is 0 Å². The number of carbonyl (C=O) groups excluding carboxylic acids is 1. The molecule has 2 heterocycles. The standard InChI is InChI=1S/C20H23F2N3O4S/c1-20(22,30(28,29)18-4-2-3-15(21)11-18)14-6-9-25(10-7-14)19(27)24-16-5-8-23-17(12-16)13-26/h2-5,8,11-12,14,26H,6-7,9-10,13H2,1H3,(H,23,24,27)/t20-/m1/s1. The Morgan fingerprint density at radius 2 is 2.00 bits per heavy atom. The highest BCUT2D eigenvalue weighted by atomic mass is 32.2. The van der Waals surface area contributed by atoms with E-state index in [-0.39, 0.29) is 32.5 Å². The van der Waals surface area contributed by atoms with Gasteiger partial charge < -0.3 is 15.3 Å². The first kappa shape index (κ1) is 22.1. The third-order valence-electron chi connectivity index (χ3n) is 5.37. The first-order valence-electron chi connectivity index (χ1n) is 9.46. The van der Waals surface area contributed by atoms with E-state index in [0.717, 1.165) is 19.1 Å². The van der Waals surface area contributed by atoms with Crippen LogP contribution < -0.4 is 5.32 Å². The fraction of sp³-hybridized carbons (Fsp3) is 0.400. The number of carbonyl (C=O) groups is 1. The molecule has 1 atom stereocenters. The molecule has 1 aliphatic rings. The number of alkyl halides is 1. The Morgan fingerprint density at radius 1 is 1.30 bits per heavy atom. The lowest BCUT2D eigenvalue weighted by molar-refractivity contribution is 0.117. The summed E-state index contributed by atoms with van der Waals surface area (Å²) in [6, 6.07) is 7.02. The summed E-state index contributed by atoms with van der Waals surface area (Å²) >= 11 is 0. The topological polar surface area (TPSA) is 99.6 Å². The molecule has 0 aliphatic carbocycles. The summed E-state index contributed by atoms with van der Waals surface area (Å²) in [5.41, 5.74) is 0.868. The van der Waals surface area contributed by atoms with Gasteiger partial charge in [0.1, 0.15) is 5.82 Å². The molecule has 1 fully saturated rings. The Morgan fingerprint density at radius 3 is 2.63 bits per heavy atom. The summed E-state index contributed by atoms with van der Waals surface area (Å²) in [7, 11) is -4.41. The lowest BCUT2D eigenvalue weighted by atomic mass is 9.92. The molecular weight excluding hydrogens is 416 g/mol. The number of aliphatic hydroxyl groups excluding tert-OH is 1. The second kappa shape index (κ2) is 8.65. The molecule has 30 heavy (non-hydrogen) atoms. The van der Waals surface area contributed by atoms with Gasteiger partial charge in [-0.1, -0.05) is 6.07 Å². The summed E-state index contributed by atoms with van der Waals surface area (Å²) in [5, 5.41) is 9.21. The number of hydrogen-bond acceptors (Lipinski definition) is 5. The van der Waals surface area contributed by atoms with Gasteiger partial charge in [-0.15, -0.1) is 0 Å². The molecule has 3 rings (SSSR count). The van der Waals surface area contributed by atoms with Crippen LogP contribution in [-0.2, 0) is 16.4 Å². The van der Waals surface area contributed by atoms with E-state index in [9.17, 15) is 17.6 Å². The number of nitrogens with zero attached hydrogens (tertiary/aromatic N) is 2. The Kier molecular flexibility index (Phi) is 6.37. The van der Waals surface area contributed by atoms with Crippen LogP contribution in [0.2, 0.25) is 0 Å². The normalized spacial score (nSPS) is 17.4. The average Bonchev–Trinajstić information content (AvgIpc) is 2.73. The Hall–Kier alpha value is -2.59. The van der Waals surface area contributed by atoms with Crippen LogP contribution in [0.15, 0.2) is 47.5 Å². The largest absolute Gasteiger partial charge is 0.390 e. The average molecular weight is 439 g/mol. The van der Waals surface area contributed by atoms with Crippen molar-refractivity contribution >= 4 is 21.6 Å². The summed E-state index contributed by atoms with van der Waals surface area (Å²) < 4.78 is 54.4. The predicted octanol–water partition coefficient (Wildman–Crippen LogP) is 3.12. The van der Waals surface area contributed by atoms with E-state index in [1.165, 1.54) is 29.3 Å². The second-order valence-corrected chi connectivity index (χ2v) is 9.61. The fourth-order valence-corrected chi connectivity index (χ4v) is 5.19. The molecule has 1 saturated heterocycles. The Balaban J connectivity index is 1.66. The van der Waals surface area contributed by atoms with Gasteiger partial charge in [0.05, 0.1) is 17.2 Å². The number of hydrogen-bond donors (Lipinski definition) is 2. The Bertz CT molecular complexity index is 1020. The van der Waals surface area contributed by atoms with Crippen molar-refractivity contribution in [3.8, 4) is 0 Å². The molecule has 10 heteroatoms. The molecule has 1 aromatic carbocycles. The van der Waals surface area contributed by atoms with Crippen molar-refractivity contribution < 1.29 is 27.1 Å². The second-order valence-electron chi connectivity index (χ2n) is 7.33. The molecular formula is C20H23F2N3O4S. The number of amides is 2. The number of piperidine rings is 1. The zero-order valence-corrected chi connectivity index (χ0v) is 17.2. The van der Waals surface area contributed by atoms with Crippen molar-refractivity contribution in [2.45, 2.75) is 36.3 Å². The number of pyridine rings is 1. The van der Waals surface area contributed by atoms with E-state index in [1.807, 2.05) is 0 Å². The summed E-state index contributed by atoms with van der Waals surface area (Å²) in [4.78, 5) is 17.5. The van der Waals surface area contributed by atoms with Crippen LogP contribution in [0.4, 0.5) is 19.3 Å². The number of rotatable bonds is 5. The van der Waals surface area contributed by atoms with Gasteiger partial charge in [0, 0.05) is 30.9 Å². The van der Waals surface area contributed by atoms with Gasteiger partial charge in [-0.2, -0.15) is 0 Å². The minimum absolute atomic E-state index is 0.146. The number of urea groups is 1.